The van der Waals surface area contributed by atoms with Crippen molar-refractivity contribution in [1.82, 2.24) is 9.78 Å². The van der Waals surface area contributed by atoms with Crippen LogP contribution in [-0.4, -0.2) is 32.5 Å². The number of rotatable bonds is 4. The number of hydrogen-bond acceptors (Lipinski definition) is 7. The van der Waals surface area contributed by atoms with Gasteiger partial charge in [-0.25, -0.2) is 9.59 Å². The van der Waals surface area contributed by atoms with Crippen LogP contribution in [0.1, 0.15) is 45.2 Å². The molecule has 0 unspecified atom stereocenters. The molecule has 0 aliphatic heterocycles. The number of amides is 1. The van der Waals surface area contributed by atoms with Crippen LogP contribution in [0.2, 0.25) is 0 Å². The largest absolute Gasteiger partial charge is 0.442 e. The number of nitro groups is 1. The number of non-ortho nitro benzene ring substituents is 1. The lowest BCUT2D eigenvalue weighted by Gasteiger charge is -2.19. The Morgan fingerprint density at radius 1 is 1.25 bits per heavy atom. The minimum absolute atomic E-state index is 0.113. The van der Waals surface area contributed by atoms with Gasteiger partial charge in [-0.05, 0) is 45.7 Å². The molecule has 0 spiro atoms. The number of benzene rings is 1. The number of aromatic nitrogens is 2. The molecule has 0 saturated heterocycles. The molecule has 1 aliphatic rings. The van der Waals surface area contributed by atoms with Gasteiger partial charge in [0, 0.05) is 24.1 Å². The Hall–Kier alpha value is -3.43. The van der Waals surface area contributed by atoms with E-state index in [0.29, 0.717) is 5.69 Å². The SMILES string of the molecule is CC(C)(C)OC(=O)n1nc(NC(=O)Oc2ccc([N+](=O)[O-])cc2)cc1C1CC1. The monoisotopic (exact) mass is 388 g/mol. The zero-order valence-corrected chi connectivity index (χ0v) is 15.7. The molecule has 1 saturated carbocycles. The molecule has 0 atom stereocenters. The summed E-state index contributed by atoms with van der Waals surface area (Å²) in [6.07, 6.45) is 0.415. The van der Waals surface area contributed by atoms with Crippen molar-refractivity contribution in [1.29, 1.82) is 0 Å². The van der Waals surface area contributed by atoms with Crippen molar-refractivity contribution in [2.45, 2.75) is 45.1 Å². The zero-order valence-electron chi connectivity index (χ0n) is 15.7. The summed E-state index contributed by atoms with van der Waals surface area (Å²) in [5.74, 6) is 0.484. The first kappa shape index (κ1) is 19.3. The van der Waals surface area contributed by atoms with Crippen molar-refractivity contribution < 1.29 is 24.0 Å². The smallest absolute Gasteiger partial charge is 0.435 e. The van der Waals surface area contributed by atoms with E-state index in [1.807, 2.05) is 0 Å². The van der Waals surface area contributed by atoms with Gasteiger partial charge in [-0.15, -0.1) is 5.10 Å². The molecule has 148 valence electrons. The van der Waals surface area contributed by atoms with Crippen LogP contribution in [0.3, 0.4) is 0 Å². The third-order valence-corrected chi connectivity index (χ3v) is 3.79. The Morgan fingerprint density at radius 2 is 1.89 bits per heavy atom. The Labute approximate surface area is 160 Å². The molecule has 1 amide bonds. The van der Waals surface area contributed by atoms with E-state index in [2.05, 4.69) is 10.4 Å². The molecule has 28 heavy (non-hydrogen) atoms. The van der Waals surface area contributed by atoms with E-state index < -0.39 is 22.7 Å². The second-order valence-corrected chi connectivity index (χ2v) is 7.39. The van der Waals surface area contributed by atoms with Crippen LogP contribution >= 0.6 is 0 Å². The number of nitro benzene ring substituents is 1. The van der Waals surface area contributed by atoms with Crippen molar-refractivity contribution in [2.24, 2.45) is 0 Å². The van der Waals surface area contributed by atoms with Crippen LogP contribution < -0.4 is 10.1 Å². The molecule has 1 aromatic carbocycles. The van der Waals surface area contributed by atoms with Gasteiger partial charge >= 0.3 is 12.2 Å². The summed E-state index contributed by atoms with van der Waals surface area (Å²) in [7, 11) is 0. The highest BCUT2D eigenvalue weighted by Gasteiger charge is 2.32. The van der Waals surface area contributed by atoms with E-state index in [4.69, 9.17) is 9.47 Å². The molecule has 1 N–H and O–H groups in total. The molecule has 3 rings (SSSR count). The summed E-state index contributed by atoms with van der Waals surface area (Å²) in [6.45, 7) is 5.27. The number of nitrogens with zero attached hydrogens (tertiary/aromatic N) is 3. The first-order valence-electron chi connectivity index (χ1n) is 8.69. The number of ether oxygens (including phenoxy) is 2. The summed E-state index contributed by atoms with van der Waals surface area (Å²) in [6, 6.07) is 6.69. The Balaban J connectivity index is 1.69. The third-order valence-electron chi connectivity index (χ3n) is 3.79. The molecule has 1 heterocycles. The van der Waals surface area contributed by atoms with Crippen LogP contribution in [-0.2, 0) is 4.74 Å². The number of nitrogens with one attached hydrogen (secondary N) is 1. The molecular weight excluding hydrogens is 368 g/mol. The normalized spacial score (nSPS) is 13.7. The molecule has 1 aromatic heterocycles. The van der Waals surface area contributed by atoms with Gasteiger partial charge < -0.3 is 9.47 Å². The van der Waals surface area contributed by atoms with Gasteiger partial charge in [0.2, 0.25) is 0 Å². The third kappa shape index (κ3) is 4.84. The van der Waals surface area contributed by atoms with Gasteiger partial charge in [0.1, 0.15) is 11.4 Å². The highest BCUT2D eigenvalue weighted by molar-refractivity contribution is 5.85. The molecule has 10 nitrogen and oxygen atoms in total. The summed E-state index contributed by atoms with van der Waals surface area (Å²) in [5, 5.41) is 17.2. The van der Waals surface area contributed by atoms with E-state index in [1.165, 1.54) is 24.3 Å². The van der Waals surface area contributed by atoms with Crippen molar-refractivity contribution in [2.75, 3.05) is 5.32 Å². The molecule has 1 aliphatic carbocycles. The van der Waals surface area contributed by atoms with Gasteiger partial charge in [0.25, 0.3) is 5.69 Å². The van der Waals surface area contributed by atoms with Gasteiger partial charge in [-0.1, -0.05) is 0 Å². The van der Waals surface area contributed by atoms with E-state index in [0.717, 1.165) is 17.5 Å². The molecular formula is C18H20N4O6. The maximum absolute atomic E-state index is 12.4. The quantitative estimate of drug-likeness (QED) is 0.618. The van der Waals surface area contributed by atoms with E-state index in [9.17, 15) is 19.7 Å². The van der Waals surface area contributed by atoms with E-state index in [-0.39, 0.29) is 23.2 Å². The van der Waals surface area contributed by atoms with Crippen LogP contribution in [0.4, 0.5) is 21.1 Å². The summed E-state index contributed by atoms with van der Waals surface area (Å²) in [4.78, 5) is 34.5. The van der Waals surface area contributed by atoms with Crippen molar-refractivity contribution in [3.8, 4) is 5.75 Å². The lowest BCUT2D eigenvalue weighted by molar-refractivity contribution is -0.384. The predicted molar refractivity (Wildman–Crippen MR) is 98.6 cm³/mol. The minimum Gasteiger partial charge on any atom is -0.442 e. The van der Waals surface area contributed by atoms with E-state index >= 15 is 0 Å². The Morgan fingerprint density at radius 3 is 2.43 bits per heavy atom. The van der Waals surface area contributed by atoms with Crippen LogP contribution in [0.5, 0.6) is 5.75 Å². The van der Waals surface area contributed by atoms with Crippen LogP contribution in [0.15, 0.2) is 30.3 Å². The zero-order chi connectivity index (χ0) is 20.5. The second-order valence-electron chi connectivity index (χ2n) is 7.39. The summed E-state index contributed by atoms with van der Waals surface area (Å²) < 4.78 is 11.6. The number of carbonyl (C=O) groups excluding carboxylic acids is 2. The van der Waals surface area contributed by atoms with E-state index in [1.54, 1.807) is 26.8 Å². The van der Waals surface area contributed by atoms with Gasteiger partial charge in [-0.3, -0.25) is 15.4 Å². The molecule has 1 fully saturated rings. The Kier molecular flexibility index (Phi) is 5.04. The lowest BCUT2D eigenvalue weighted by atomic mass is 10.2. The van der Waals surface area contributed by atoms with Crippen molar-refractivity contribution in [3.05, 3.63) is 46.1 Å². The van der Waals surface area contributed by atoms with Crippen LogP contribution in [0.25, 0.3) is 0 Å². The average molecular weight is 388 g/mol. The molecule has 0 radical (unpaired) electrons. The predicted octanol–water partition coefficient (Wildman–Crippen LogP) is 4.06. The van der Waals surface area contributed by atoms with Gasteiger partial charge in [0.15, 0.2) is 5.82 Å². The molecule has 2 aromatic rings. The van der Waals surface area contributed by atoms with Crippen molar-refractivity contribution >= 4 is 23.7 Å². The highest BCUT2D eigenvalue weighted by atomic mass is 16.6. The van der Waals surface area contributed by atoms with Gasteiger partial charge in [-0.2, -0.15) is 4.68 Å². The molecule has 10 heteroatoms. The maximum Gasteiger partial charge on any atom is 0.435 e. The number of carbonyl (C=O) groups is 2. The second kappa shape index (κ2) is 7.29. The first-order valence-corrected chi connectivity index (χ1v) is 8.69. The lowest BCUT2D eigenvalue weighted by Crippen LogP contribution is -2.28. The fourth-order valence-corrected chi connectivity index (χ4v) is 2.45. The maximum atomic E-state index is 12.4. The highest BCUT2D eigenvalue weighted by Crippen LogP contribution is 2.41. The van der Waals surface area contributed by atoms with Crippen molar-refractivity contribution in [3.63, 3.8) is 0 Å². The average Bonchev–Trinajstić information content (AvgIpc) is 3.34. The Bertz CT molecular complexity index is 909. The number of anilines is 1. The summed E-state index contributed by atoms with van der Waals surface area (Å²) >= 11 is 0. The van der Waals surface area contributed by atoms with Gasteiger partial charge in [0.05, 0.1) is 10.6 Å². The standard InChI is InChI=1S/C18H20N4O6/c1-18(2,3)28-17(24)21-14(11-4-5-11)10-15(20-21)19-16(23)27-13-8-6-12(7-9-13)22(25)26/h6-11H,4-5H2,1-3H3,(H,19,20,23). The first-order chi connectivity index (χ1) is 13.1. The summed E-state index contributed by atoms with van der Waals surface area (Å²) in [5.41, 5.74) is -0.121. The number of hydrogen-bond donors (Lipinski definition) is 1. The topological polar surface area (TPSA) is 126 Å². The van der Waals surface area contributed by atoms with Crippen LogP contribution in [0, 0.1) is 10.1 Å². The fraction of sp³-hybridized carbons (Fsp3) is 0.389. The fourth-order valence-electron chi connectivity index (χ4n) is 2.45. The minimum atomic E-state index is -0.829. The molecule has 0 bridgehead atoms.